The third-order valence-corrected chi connectivity index (χ3v) is 3.48. The minimum atomic E-state index is -0.546. The van der Waals surface area contributed by atoms with Crippen LogP contribution in [0.25, 0.3) is 10.9 Å². The van der Waals surface area contributed by atoms with Crippen molar-refractivity contribution in [1.82, 2.24) is 4.57 Å². The quantitative estimate of drug-likeness (QED) is 0.786. The van der Waals surface area contributed by atoms with E-state index in [1.807, 2.05) is 69.6 Å². The van der Waals surface area contributed by atoms with Gasteiger partial charge in [0.1, 0.15) is 12.1 Å². The molecule has 0 fully saturated rings. The molecule has 0 spiro atoms. The summed E-state index contributed by atoms with van der Waals surface area (Å²) in [5, 5.41) is 0.935. The van der Waals surface area contributed by atoms with Gasteiger partial charge in [0.2, 0.25) is 0 Å². The predicted octanol–water partition coefficient (Wildman–Crippen LogP) is 3.96. The number of carbonyl (C=O) groups excluding carboxylic acids is 2. The zero-order chi connectivity index (χ0) is 18.8. The van der Waals surface area contributed by atoms with Crippen LogP contribution in [0, 0.1) is 0 Å². The first-order chi connectivity index (χ1) is 11.6. The molecule has 2 rings (SSSR count). The van der Waals surface area contributed by atoms with Crippen LogP contribution in [0.5, 0.6) is 0 Å². The van der Waals surface area contributed by atoms with Crippen LogP contribution < -0.4 is 4.90 Å². The van der Waals surface area contributed by atoms with Crippen LogP contribution in [0.1, 0.15) is 34.6 Å². The smallest absolute Gasteiger partial charge is 0.414 e. The summed E-state index contributed by atoms with van der Waals surface area (Å²) in [6.07, 6.45) is 1.29. The third-order valence-electron chi connectivity index (χ3n) is 3.48. The minimum absolute atomic E-state index is 0.136. The lowest BCUT2D eigenvalue weighted by atomic mass is 10.2. The fourth-order valence-corrected chi connectivity index (χ4v) is 2.41. The van der Waals surface area contributed by atoms with Crippen LogP contribution >= 0.6 is 0 Å². The molecule has 0 aliphatic heterocycles. The lowest BCUT2D eigenvalue weighted by molar-refractivity contribution is -0.148. The summed E-state index contributed by atoms with van der Waals surface area (Å²) in [6.45, 7) is 9.30. The molecule has 0 aliphatic carbocycles. The lowest BCUT2D eigenvalue weighted by Gasteiger charge is -2.24. The summed E-state index contributed by atoms with van der Waals surface area (Å²) >= 11 is 0. The van der Waals surface area contributed by atoms with Crippen molar-refractivity contribution >= 4 is 28.7 Å². The van der Waals surface area contributed by atoms with E-state index in [9.17, 15) is 9.59 Å². The van der Waals surface area contributed by atoms with Crippen LogP contribution in [0.15, 0.2) is 30.5 Å². The molecule has 1 amide bonds. The van der Waals surface area contributed by atoms with Crippen molar-refractivity contribution in [2.45, 2.75) is 52.9 Å². The monoisotopic (exact) mass is 346 g/mol. The highest BCUT2D eigenvalue weighted by molar-refractivity contribution is 5.92. The van der Waals surface area contributed by atoms with E-state index in [1.54, 1.807) is 7.05 Å². The second kappa shape index (κ2) is 7.17. The molecule has 2 aromatic rings. The summed E-state index contributed by atoms with van der Waals surface area (Å²) in [7, 11) is 1.67. The highest BCUT2D eigenvalue weighted by Gasteiger charge is 2.21. The van der Waals surface area contributed by atoms with Crippen molar-refractivity contribution in [3.63, 3.8) is 0 Å². The SMILES string of the molecule is CC(C)OC(=O)Cn1ccc2cc(N(C)C(=O)OC(C)(C)C)ccc21. The Balaban J connectivity index is 2.18. The van der Waals surface area contributed by atoms with Crippen LogP contribution in [0.2, 0.25) is 0 Å². The second-order valence-electron chi connectivity index (χ2n) is 7.26. The van der Waals surface area contributed by atoms with Crippen LogP contribution in [0.3, 0.4) is 0 Å². The molecular formula is C19H26N2O4. The van der Waals surface area contributed by atoms with Crippen molar-refractivity contribution in [3.05, 3.63) is 30.5 Å². The topological polar surface area (TPSA) is 60.8 Å². The van der Waals surface area contributed by atoms with E-state index >= 15 is 0 Å². The molecule has 0 aliphatic rings. The number of nitrogens with zero attached hydrogens (tertiary/aromatic N) is 2. The van der Waals surface area contributed by atoms with Gasteiger partial charge in [-0.15, -0.1) is 0 Å². The van der Waals surface area contributed by atoms with Gasteiger partial charge in [-0.25, -0.2) is 4.79 Å². The fraction of sp³-hybridized carbons (Fsp3) is 0.474. The van der Waals surface area contributed by atoms with E-state index in [-0.39, 0.29) is 18.6 Å². The summed E-state index contributed by atoms with van der Waals surface area (Å²) in [5.74, 6) is -0.276. The molecule has 136 valence electrons. The molecule has 0 saturated carbocycles. The number of ether oxygens (including phenoxy) is 2. The molecule has 0 radical (unpaired) electrons. The average molecular weight is 346 g/mol. The van der Waals surface area contributed by atoms with Crippen molar-refractivity contribution in [2.24, 2.45) is 0 Å². The van der Waals surface area contributed by atoms with Gasteiger partial charge < -0.3 is 14.0 Å². The maximum atomic E-state index is 12.2. The number of amides is 1. The Morgan fingerprint density at radius 2 is 1.88 bits per heavy atom. The van der Waals surface area contributed by atoms with Crippen molar-refractivity contribution < 1.29 is 19.1 Å². The summed E-state index contributed by atoms with van der Waals surface area (Å²) < 4.78 is 12.4. The molecule has 1 aromatic heterocycles. The number of hydrogen-bond acceptors (Lipinski definition) is 4. The van der Waals surface area contributed by atoms with E-state index in [4.69, 9.17) is 9.47 Å². The van der Waals surface area contributed by atoms with Gasteiger partial charge in [0.05, 0.1) is 6.10 Å². The molecule has 1 heterocycles. The van der Waals surface area contributed by atoms with Gasteiger partial charge in [-0.1, -0.05) is 0 Å². The maximum Gasteiger partial charge on any atom is 0.414 e. The molecular weight excluding hydrogens is 320 g/mol. The molecule has 25 heavy (non-hydrogen) atoms. The Labute approximate surface area is 148 Å². The number of carbonyl (C=O) groups is 2. The minimum Gasteiger partial charge on any atom is -0.462 e. The Morgan fingerprint density at radius 3 is 2.48 bits per heavy atom. The van der Waals surface area contributed by atoms with Gasteiger partial charge >= 0.3 is 12.1 Å². The Hall–Kier alpha value is -2.50. The predicted molar refractivity (Wildman–Crippen MR) is 97.8 cm³/mol. The molecule has 6 heteroatoms. The van der Waals surface area contributed by atoms with Gasteiger partial charge in [0, 0.05) is 29.8 Å². The van der Waals surface area contributed by atoms with E-state index in [0.717, 1.165) is 16.6 Å². The van der Waals surface area contributed by atoms with Gasteiger partial charge in [-0.05, 0) is 58.9 Å². The molecule has 0 saturated heterocycles. The second-order valence-corrected chi connectivity index (χ2v) is 7.26. The molecule has 0 unspecified atom stereocenters. The highest BCUT2D eigenvalue weighted by Crippen LogP contribution is 2.24. The molecule has 0 bridgehead atoms. The van der Waals surface area contributed by atoms with Crippen LogP contribution in [-0.4, -0.2) is 35.4 Å². The first-order valence-electron chi connectivity index (χ1n) is 8.32. The fourth-order valence-electron chi connectivity index (χ4n) is 2.41. The normalized spacial score (nSPS) is 11.6. The summed E-state index contributed by atoms with van der Waals surface area (Å²) in [6, 6.07) is 7.51. The van der Waals surface area contributed by atoms with E-state index in [2.05, 4.69) is 0 Å². The van der Waals surface area contributed by atoms with Crippen molar-refractivity contribution in [3.8, 4) is 0 Å². The van der Waals surface area contributed by atoms with Gasteiger partial charge in [-0.3, -0.25) is 9.69 Å². The lowest BCUT2D eigenvalue weighted by Crippen LogP contribution is -2.34. The van der Waals surface area contributed by atoms with Gasteiger partial charge in [-0.2, -0.15) is 0 Å². The zero-order valence-corrected chi connectivity index (χ0v) is 15.7. The third kappa shape index (κ3) is 4.98. The van der Waals surface area contributed by atoms with Crippen LogP contribution in [0.4, 0.5) is 10.5 Å². The van der Waals surface area contributed by atoms with Gasteiger partial charge in [0.15, 0.2) is 0 Å². The van der Waals surface area contributed by atoms with E-state index < -0.39 is 11.7 Å². The summed E-state index contributed by atoms with van der Waals surface area (Å²) in [4.78, 5) is 25.5. The van der Waals surface area contributed by atoms with Crippen molar-refractivity contribution in [2.75, 3.05) is 11.9 Å². The molecule has 0 atom stereocenters. The zero-order valence-electron chi connectivity index (χ0n) is 15.7. The average Bonchev–Trinajstić information content (AvgIpc) is 2.86. The van der Waals surface area contributed by atoms with Gasteiger partial charge in [0.25, 0.3) is 0 Å². The number of aromatic nitrogens is 1. The molecule has 0 N–H and O–H groups in total. The number of rotatable bonds is 4. The Morgan fingerprint density at radius 1 is 1.20 bits per heavy atom. The number of hydrogen-bond donors (Lipinski definition) is 0. The van der Waals surface area contributed by atoms with E-state index in [1.165, 1.54) is 4.90 Å². The number of anilines is 1. The summed E-state index contributed by atoms with van der Waals surface area (Å²) in [5.41, 5.74) is 1.08. The Kier molecular flexibility index (Phi) is 5.40. The highest BCUT2D eigenvalue weighted by atomic mass is 16.6. The van der Waals surface area contributed by atoms with Crippen LogP contribution in [-0.2, 0) is 20.8 Å². The first-order valence-corrected chi connectivity index (χ1v) is 8.32. The standard InChI is InChI=1S/C19H26N2O4/c1-13(2)24-17(22)12-21-10-9-14-11-15(7-8-16(14)21)20(6)18(23)25-19(3,4)5/h7-11,13H,12H2,1-6H3. The Bertz CT molecular complexity index is 771. The number of benzene rings is 1. The maximum absolute atomic E-state index is 12.2. The molecule has 1 aromatic carbocycles. The molecule has 6 nitrogen and oxygen atoms in total. The largest absolute Gasteiger partial charge is 0.462 e. The van der Waals surface area contributed by atoms with E-state index in [0.29, 0.717) is 0 Å². The van der Waals surface area contributed by atoms with Crippen molar-refractivity contribution in [1.29, 1.82) is 0 Å². The number of esters is 1. The number of fused-ring (bicyclic) bond motifs is 1. The first kappa shape index (κ1) is 18.8.